The Morgan fingerprint density at radius 3 is 2.80 bits per heavy atom. The van der Waals surface area contributed by atoms with Gasteiger partial charge in [-0.2, -0.15) is 0 Å². The third-order valence-electron chi connectivity index (χ3n) is 3.48. The number of aliphatic hydroxyl groups excluding tert-OH is 1. The lowest BCUT2D eigenvalue weighted by Crippen LogP contribution is -2.26. The maximum absolute atomic E-state index is 11.3. The van der Waals surface area contributed by atoms with Gasteiger partial charge in [0.15, 0.2) is 0 Å². The minimum Gasteiger partial charge on any atom is -0.389 e. The first-order valence-electron chi connectivity index (χ1n) is 6.67. The first kappa shape index (κ1) is 14.4. The summed E-state index contributed by atoms with van der Waals surface area (Å²) in [7, 11) is 0. The summed E-state index contributed by atoms with van der Waals surface area (Å²) in [6.07, 6.45) is 6.94. The maximum Gasteiger partial charge on any atom is 0.292 e. The van der Waals surface area contributed by atoms with Crippen molar-refractivity contribution in [3.63, 3.8) is 0 Å². The van der Waals surface area contributed by atoms with Crippen LogP contribution in [0.2, 0.25) is 0 Å². The van der Waals surface area contributed by atoms with Crippen molar-refractivity contribution in [1.82, 2.24) is 0 Å². The number of nitro groups is 1. The highest BCUT2D eigenvalue weighted by Gasteiger charge is 2.27. The predicted octanol–water partition coefficient (Wildman–Crippen LogP) is 2.50. The van der Waals surface area contributed by atoms with Gasteiger partial charge < -0.3 is 10.0 Å². The zero-order chi connectivity index (χ0) is 14.7. The number of terminal acetylenes is 1. The van der Waals surface area contributed by atoms with Gasteiger partial charge in [-0.05, 0) is 37.3 Å². The highest BCUT2D eigenvalue weighted by molar-refractivity contribution is 5.65. The van der Waals surface area contributed by atoms with Crippen molar-refractivity contribution in [2.45, 2.75) is 25.9 Å². The number of aliphatic hydroxyl groups is 1. The van der Waals surface area contributed by atoms with Crippen LogP contribution >= 0.6 is 0 Å². The molecule has 2 rings (SSSR count). The smallest absolute Gasteiger partial charge is 0.292 e. The molecule has 106 valence electrons. The molecule has 0 aliphatic heterocycles. The Kier molecular flexibility index (Phi) is 4.26. The van der Waals surface area contributed by atoms with E-state index in [0.717, 1.165) is 19.4 Å². The second kappa shape index (κ2) is 5.93. The lowest BCUT2D eigenvalue weighted by molar-refractivity contribution is -0.384. The summed E-state index contributed by atoms with van der Waals surface area (Å²) in [5.41, 5.74) is 1.07. The molecule has 1 aliphatic rings. The van der Waals surface area contributed by atoms with E-state index in [4.69, 9.17) is 6.42 Å². The molecular formula is C15H18N2O3. The molecule has 0 bridgehead atoms. The highest BCUT2D eigenvalue weighted by Crippen LogP contribution is 2.35. The molecule has 1 aromatic rings. The van der Waals surface area contributed by atoms with E-state index in [2.05, 4.69) is 5.92 Å². The summed E-state index contributed by atoms with van der Waals surface area (Å²) in [6, 6.07) is 4.82. The number of rotatable bonds is 6. The molecule has 0 unspecified atom stereocenters. The minimum atomic E-state index is -0.729. The van der Waals surface area contributed by atoms with Crippen molar-refractivity contribution < 1.29 is 10.0 Å². The van der Waals surface area contributed by atoms with Crippen LogP contribution in [0, 0.1) is 28.4 Å². The number of hydrogen-bond acceptors (Lipinski definition) is 4. The molecule has 0 aromatic heterocycles. The molecule has 1 saturated carbocycles. The molecule has 0 radical (unpaired) electrons. The highest BCUT2D eigenvalue weighted by atomic mass is 16.6. The van der Waals surface area contributed by atoms with Gasteiger partial charge in [0.25, 0.3) is 5.69 Å². The Morgan fingerprint density at radius 1 is 1.60 bits per heavy atom. The fourth-order valence-corrected chi connectivity index (χ4v) is 2.18. The fraction of sp³-hybridized carbons (Fsp3) is 0.467. The molecular weight excluding hydrogens is 256 g/mol. The first-order valence-corrected chi connectivity index (χ1v) is 6.67. The number of benzene rings is 1. The molecule has 0 amide bonds. The van der Waals surface area contributed by atoms with Crippen molar-refractivity contribution in [3.8, 4) is 12.3 Å². The number of nitro benzene ring substituents is 1. The van der Waals surface area contributed by atoms with Crippen LogP contribution in [0.3, 0.4) is 0 Å². The van der Waals surface area contributed by atoms with Gasteiger partial charge in [0.05, 0.1) is 17.6 Å². The third kappa shape index (κ3) is 3.28. The minimum absolute atomic E-state index is 0.000648. The van der Waals surface area contributed by atoms with Crippen LogP contribution in [-0.4, -0.2) is 23.1 Å². The molecule has 0 heterocycles. The molecule has 5 nitrogen and oxygen atoms in total. The largest absolute Gasteiger partial charge is 0.389 e. The van der Waals surface area contributed by atoms with Crippen LogP contribution in [0.25, 0.3) is 0 Å². The predicted molar refractivity (Wildman–Crippen MR) is 77.5 cm³/mol. The summed E-state index contributed by atoms with van der Waals surface area (Å²) in [5, 5.41) is 20.8. The summed E-state index contributed by atoms with van der Waals surface area (Å²) in [4.78, 5) is 12.7. The van der Waals surface area contributed by atoms with E-state index in [9.17, 15) is 15.2 Å². The quantitative estimate of drug-likeness (QED) is 0.491. The van der Waals surface area contributed by atoms with E-state index in [1.165, 1.54) is 6.07 Å². The van der Waals surface area contributed by atoms with Crippen LogP contribution in [0.1, 0.15) is 31.4 Å². The van der Waals surface area contributed by atoms with Gasteiger partial charge in [0.1, 0.15) is 5.69 Å². The normalized spacial score (nSPS) is 15.4. The van der Waals surface area contributed by atoms with Crippen molar-refractivity contribution in [2.24, 2.45) is 5.92 Å². The van der Waals surface area contributed by atoms with Gasteiger partial charge >= 0.3 is 0 Å². The molecule has 1 fully saturated rings. The summed E-state index contributed by atoms with van der Waals surface area (Å²) in [5.74, 6) is 3.14. The zero-order valence-corrected chi connectivity index (χ0v) is 11.5. The van der Waals surface area contributed by atoms with Crippen molar-refractivity contribution >= 4 is 11.4 Å². The molecule has 0 spiro atoms. The second-order valence-corrected chi connectivity index (χ2v) is 5.21. The summed E-state index contributed by atoms with van der Waals surface area (Å²) < 4.78 is 0. The number of hydrogen-bond donors (Lipinski definition) is 1. The van der Waals surface area contributed by atoms with Crippen LogP contribution in [-0.2, 0) is 0 Å². The summed E-state index contributed by atoms with van der Waals surface area (Å²) >= 11 is 0. The van der Waals surface area contributed by atoms with Gasteiger partial charge in [0.2, 0.25) is 0 Å². The second-order valence-electron chi connectivity index (χ2n) is 5.21. The van der Waals surface area contributed by atoms with Gasteiger partial charge in [0, 0.05) is 12.6 Å². The zero-order valence-electron chi connectivity index (χ0n) is 11.5. The van der Waals surface area contributed by atoms with Crippen molar-refractivity contribution in [2.75, 3.05) is 18.0 Å². The lowest BCUT2D eigenvalue weighted by Gasteiger charge is -2.22. The Balaban J connectivity index is 2.36. The Bertz CT molecular complexity index is 545. The van der Waals surface area contributed by atoms with E-state index in [1.807, 2.05) is 4.90 Å². The van der Waals surface area contributed by atoms with E-state index in [-0.39, 0.29) is 5.69 Å². The van der Waals surface area contributed by atoms with Crippen LogP contribution in [0.15, 0.2) is 18.2 Å². The van der Waals surface area contributed by atoms with E-state index in [0.29, 0.717) is 23.7 Å². The van der Waals surface area contributed by atoms with Gasteiger partial charge in [-0.15, -0.1) is 6.42 Å². The lowest BCUT2D eigenvalue weighted by atomic mass is 10.1. The molecule has 1 aliphatic carbocycles. The van der Waals surface area contributed by atoms with E-state index in [1.54, 1.807) is 19.1 Å². The Hall–Kier alpha value is -2.06. The third-order valence-corrected chi connectivity index (χ3v) is 3.48. The molecule has 0 saturated heterocycles. The SMILES string of the molecule is C#CCN(CC1CC1)c1ccc([C@@H](C)O)cc1[N+](=O)[O-]. The van der Waals surface area contributed by atoms with E-state index < -0.39 is 11.0 Å². The monoisotopic (exact) mass is 274 g/mol. The van der Waals surface area contributed by atoms with Crippen molar-refractivity contribution in [1.29, 1.82) is 0 Å². The van der Waals surface area contributed by atoms with Crippen LogP contribution in [0.5, 0.6) is 0 Å². The fourth-order valence-electron chi connectivity index (χ4n) is 2.18. The standard InChI is InChI=1S/C15H18N2O3/c1-3-8-16(10-12-4-5-12)14-7-6-13(11(2)18)9-15(14)17(19)20/h1,6-7,9,11-12,18H,4-5,8,10H2,2H3/t11-/m1/s1. The summed E-state index contributed by atoms with van der Waals surface area (Å²) in [6.45, 7) is 2.69. The topological polar surface area (TPSA) is 66.6 Å². The first-order chi connectivity index (χ1) is 9.52. The molecule has 1 aromatic carbocycles. The number of anilines is 1. The van der Waals surface area contributed by atoms with Gasteiger partial charge in [-0.1, -0.05) is 12.0 Å². The molecule has 5 heteroatoms. The number of nitrogens with zero attached hydrogens (tertiary/aromatic N) is 2. The van der Waals surface area contributed by atoms with Gasteiger partial charge in [-0.25, -0.2) is 0 Å². The molecule has 20 heavy (non-hydrogen) atoms. The van der Waals surface area contributed by atoms with E-state index >= 15 is 0 Å². The van der Waals surface area contributed by atoms with Crippen LogP contribution in [0.4, 0.5) is 11.4 Å². The van der Waals surface area contributed by atoms with Crippen molar-refractivity contribution in [3.05, 3.63) is 33.9 Å². The average molecular weight is 274 g/mol. The van der Waals surface area contributed by atoms with Gasteiger partial charge in [-0.3, -0.25) is 10.1 Å². The molecule has 1 atom stereocenters. The average Bonchev–Trinajstić information content (AvgIpc) is 3.21. The molecule has 1 N–H and O–H groups in total. The Morgan fingerprint density at radius 2 is 2.30 bits per heavy atom. The maximum atomic E-state index is 11.3. The van der Waals surface area contributed by atoms with Crippen LogP contribution < -0.4 is 4.90 Å². The Labute approximate surface area is 118 Å².